The van der Waals surface area contributed by atoms with E-state index in [-0.39, 0.29) is 23.1 Å². The van der Waals surface area contributed by atoms with Crippen molar-refractivity contribution in [3.05, 3.63) is 0 Å². The maximum absolute atomic E-state index is 11.4. The van der Waals surface area contributed by atoms with Gasteiger partial charge in [0.05, 0.1) is 5.92 Å². The molecule has 2 aliphatic rings. The number of likely N-dealkylation sites (tertiary alicyclic amines) is 1. The van der Waals surface area contributed by atoms with E-state index in [0.717, 1.165) is 25.8 Å². The minimum atomic E-state index is -0.695. The monoisotopic (exact) mass is 245 g/mol. The number of halogens is 1. The van der Waals surface area contributed by atoms with E-state index in [0.29, 0.717) is 13.0 Å². The smallest absolute Gasteiger partial charge is 0.306 e. The average molecular weight is 246 g/mol. The summed E-state index contributed by atoms with van der Waals surface area (Å²) < 4.78 is 0. The predicted octanol–water partition coefficient (Wildman–Crippen LogP) is 1.33. The minimum absolute atomic E-state index is 0.0262. The molecule has 1 spiro atoms. The molecule has 0 aromatic heterocycles. The summed E-state index contributed by atoms with van der Waals surface area (Å²) in [5.41, 5.74) is 0.0603. The first kappa shape index (κ1) is 11.7. The van der Waals surface area contributed by atoms with Gasteiger partial charge in [-0.1, -0.05) is 0 Å². The lowest BCUT2D eigenvalue weighted by atomic mass is 9.84. The van der Waals surface area contributed by atoms with Crippen LogP contribution in [-0.4, -0.2) is 40.9 Å². The molecule has 1 aliphatic heterocycles. The van der Waals surface area contributed by atoms with E-state index in [1.165, 1.54) is 0 Å². The molecule has 0 bridgehead atoms. The number of alkyl halides is 1. The SMILES string of the molecule is O=C(O)[C@H]1CC[C@]2(CCN(C(=O)CCl)C2)C1. The summed E-state index contributed by atoms with van der Waals surface area (Å²) in [6.45, 7) is 1.43. The number of carboxylic acid groups (broad SMARTS) is 1. The lowest BCUT2D eigenvalue weighted by Crippen LogP contribution is -2.32. The Labute approximate surface area is 99.6 Å². The molecule has 0 unspecified atom stereocenters. The van der Waals surface area contributed by atoms with Crippen LogP contribution in [0.1, 0.15) is 25.7 Å². The number of nitrogens with zero attached hydrogens (tertiary/aromatic N) is 1. The zero-order valence-electron chi connectivity index (χ0n) is 9.12. The third kappa shape index (κ3) is 2.03. The molecule has 2 atom stereocenters. The summed E-state index contributed by atoms with van der Waals surface area (Å²) in [5.74, 6) is -0.916. The van der Waals surface area contributed by atoms with Crippen molar-refractivity contribution in [2.45, 2.75) is 25.7 Å². The van der Waals surface area contributed by atoms with Crippen molar-refractivity contribution in [1.82, 2.24) is 4.90 Å². The van der Waals surface area contributed by atoms with Crippen LogP contribution in [0.25, 0.3) is 0 Å². The Hall–Kier alpha value is -0.770. The number of rotatable bonds is 2. The summed E-state index contributed by atoms with van der Waals surface area (Å²) >= 11 is 5.52. The fourth-order valence-corrected chi connectivity index (χ4v) is 3.19. The summed E-state index contributed by atoms with van der Waals surface area (Å²) in [6.07, 6.45) is 3.32. The van der Waals surface area contributed by atoms with Crippen LogP contribution in [0.3, 0.4) is 0 Å². The van der Waals surface area contributed by atoms with Crippen LogP contribution in [0.2, 0.25) is 0 Å². The van der Waals surface area contributed by atoms with Gasteiger partial charge in [-0.05, 0) is 31.1 Å². The highest BCUT2D eigenvalue weighted by atomic mass is 35.5. The van der Waals surface area contributed by atoms with Crippen molar-refractivity contribution < 1.29 is 14.7 Å². The molecule has 1 saturated heterocycles. The van der Waals surface area contributed by atoms with Crippen LogP contribution in [-0.2, 0) is 9.59 Å². The number of hydrogen-bond acceptors (Lipinski definition) is 2. The van der Waals surface area contributed by atoms with Crippen LogP contribution in [0, 0.1) is 11.3 Å². The molecule has 2 rings (SSSR count). The lowest BCUT2D eigenvalue weighted by Gasteiger charge is -2.23. The molecule has 0 aromatic rings. The van der Waals surface area contributed by atoms with Gasteiger partial charge in [-0.2, -0.15) is 0 Å². The molecule has 90 valence electrons. The Morgan fingerprint density at radius 3 is 2.75 bits per heavy atom. The first-order chi connectivity index (χ1) is 7.56. The summed E-state index contributed by atoms with van der Waals surface area (Å²) in [6, 6.07) is 0. The van der Waals surface area contributed by atoms with Crippen molar-refractivity contribution in [3.63, 3.8) is 0 Å². The topological polar surface area (TPSA) is 57.6 Å². The normalized spacial score (nSPS) is 33.6. The Bertz CT molecular complexity index is 320. The van der Waals surface area contributed by atoms with Gasteiger partial charge in [-0.15, -0.1) is 11.6 Å². The highest BCUT2D eigenvalue weighted by Crippen LogP contribution is 2.48. The van der Waals surface area contributed by atoms with Crippen LogP contribution < -0.4 is 0 Å². The van der Waals surface area contributed by atoms with Gasteiger partial charge in [-0.25, -0.2) is 0 Å². The second-order valence-electron chi connectivity index (χ2n) is 4.98. The highest BCUT2D eigenvalue weighted by Gasteiger charge is 2.46. The quantitative estimate of drug-likeness (QED) is 0.747. The van der Waals surface area contributed by atoms with Gasteiger partial charge in [0.25, 0.3) is 0 Å². The third-order valence-electron chi connectivity index (χ3n) is 3.96. The number of hydrogen-bond donors (Lipinski definition) is 1. The van der Waals surface area contributed by atoms with E-state index in [2.05, 4.69) is 0 Å². The standard InChI is InChI=1S/C11H16ClNO3/c12-6-9(14)13-4-3-11(7-13)2-1-8(5-11)10(15)16/h8H,1-7H2,(H,15,16)/t8-,11-/m0/s1. The van der Waals surface area contributed by atoms with Crippen molar-refractivity contribution >= 4 is 23.5 Å². The zero-order chi connectivity index (χ0) is 11.8. The van der Waals surface area contributed by atoms with Gasteiger partial charge in [0.2, 0.25) is 5.91 Å². The fraction of sp³-hybridized carbons (Fsp3) is 0.818. The van der Waals surface area contributed by atoms with Crippen molar-refractivity contribution in [3.8, 4) is 0 Å². The third-order valence-corrected chi connectivity index (χ3v) is 4.19. The maximum atomic E-state index is 11.4. The Morgan fingerprint density at radius 1 is 1.44 bits per heavy atom. The van der Waals surface area contributed by atoms with Crippen molar-refractivity contribution in [2.75, 3.05) is 19.0 Å². The second kappa shape index (κ2) is 4.24. The molecule has 1 N–H and O–H groups in total. The van der Waals surface area contributed by atoms with Gasteiger partial charge in [0.15, 0.2) is 0 Å². The van der Waals surface area contributed by atoms with Gasteiger partial charge in [0, 0.05) is 13.1 Å². The van der Waals surface area contributed by atoms with Crippen molar-refractivity contribution in [1.29, 1.82) is 0 Å². The molecule has 1 amide bonds. The fourth-order valence-electron chi connectivity index (χ4n) is 3.02. The van der Waals surface area contributed by atoms with Gasteiger partial charge in [0.1, 0.15) is 5.88 Å². The summed E-state index contributed by atoms with van der Waals surface area (Å²) in [7, 11) is 0. The van der Waals surface area contributed by atoms with Gasteiger partial charge < -0.3 is 10.0 Å². The molecule has 0 radical (unpaired) electrons. The molecule has 1 saturated carbocycles. The van der Waals surface area contributed by atoms with Crippen LogP contribution in [0.15, 0.2) is 0 Å². The number of carbonyl (C=O) groups excluding carboxylic acids is 1. The minimum Gasteiger partial charge on any atom is -0.481 e. The average Bonchev–Trinajstić information content (AvgIpc) is 2.86. The first-order valence-corrected chi connectivity index (χ1v) is 6.16. The Balaban J connectivity index is 1.98. The predicted molar refractivity (Wildman–Crippen MR) is 59.3 cm³/mol. The van der Waals surface area contributed by atoms with Gasteiger partial charge >= 0.3 is 5.97 Å². The largest absolute Gasteiger partial charge is 0.481 e. The molecule has 1 heterocycles. The number of carbonyl (C=O) groups is 2. The van der Waals surface area contributed by atoms with E-state index >= 15 is 0 Å². The molecule has 16 heavy (non-hydrogen) atoms. The van der Waals surface area contributed by atoms with E-state index in [1.807, 2.05) is 0 Å². The van der Waals surface area contributed by atoms with Crippen LogP contribution in [0.4, 0.5) is 0 Å². The number of aliphatic carboxylic acids is 1. The highest BCUT2D eigenvalue weighted by molar-refractivity contribution is 6.27. The van der Waals surface area contributed by atoms with Crippen molar-refractivity contribution in [2.24, 2.45) is 11.3 Å². The second-order valence-corrected chi connectivity index (χ2v) is 5.24. The number of carboxylic acids is 1. The molecule has 1 aliphatic carbocycles. The first-order valence-electron chi connectivity index (χ1n) is 5.63. The molecule has 5 heteroatoms. The van der Waals surface area contributed by atoms with Gasteiger partial charge in [-0.3, -0.25) is 9.59 Å². The lowest BCUT2D eigenvalue weighted by molar-refractivity contribution is -0.141. The Morgan fingerprint density at radius 2 is 2.19 bits per heavy atom. The van der Waals surface area contributed by atoms with E-state index in [9.17, 15) is 9.59 Å². The van der Waals surface area contributed by atoms with E-state index < -0.39 is 5.97 Å². The van der Waals surface area contributed by atoms with Crippen LogP contribution >= 0.6 is 11.6 Å². The zero-order valence-corrected chi connectivity index (χ0v) is 9.87. The Kier molecular flexibility index (Phi) is 3.10. The maximum Gasteiger partial charge on any atom is 0.306 e. The molecule has 4 nitrogen and oxygen atoms in total. The van der Waals surface area contributed by atoms with Crippen LogP contribution in [0.5, 0.6) is 0 Å². The number of amides is 1. The van der Waals surface area contributed by atoms with E-state index in [1.54, 1.807) is 4.90 Å². The molecular formula is C11H16ClNO3. The molecule has 0 aromatic carbocycles. The summed E-state index contributed by atoms with van der Waals surface area (Å²) in [4.78, 5) is 24.1. The summed E-state index contributed by atoms with van der Waals surface area (Å²) in [5, 5.41) is 8.98. The molecule has 2 fully saturated rings. The van der Waals surface area contributed by atoms with E-state index in [4.69, 9.17) is 16.7 Å². The molecular weight excluding hydrogens is 230 g/mol.